The molecule has 368 valence electrons. The number of hydrazine groups is 1. The van der Waals surface area contributed by atoms with Gasteiger partial charge in [0.1, 0.15) is 23.7 Å². The van der Waals surface area contributed by atoms with Crippen LogP contribution in [0.2, 0.25) is 0 Å². The molecule has 14 nitrogen and oxygen atoms in total. The van der Waals surface area contributed by atoms with Crippen molar-refractivity contribution in [2.24, 2.45) is 10.8 Å². The van der Waals surface area contributed by atoms with Crippen LogP contribution in [0.3, 0.4) is 0 Å². The number of aliphatic hydroxyl groups excluding tert-OH is 1. The highest BCUT2D eigenvalue weighted by Crippen LogP contribution is 2.42. The van der Waals surface area contributed by atoms with Crippen LogP contribution >= 0.6 is 0 Å². The van der Waals surface area contributed by atoms with Gasteiger partial charge in [-0.3, -0.25) is 24.6 Å². The van der Waals surface area contributed by atoms with Gasteiger partial charge in [-0.15, -0.1) is 0 Å². The number of amides is 4. The van der Waals surface area contributed by atoms with Crippen LogP contribution in [-0.2, 0) is 32.1 Å². The first-order valence-electron chi connectivity index (χ1n) is 19.8. The number of rotatable bonds is 19. The number of aromatic nitrogens is 4. The molecular formula is C41H45F12N9O5. The van der Waals surface area contributed by atoms with E-state index < -0.39 is 121 Å². The van der Waals surface area contributed by atoms with Gasteiger partial charge in [0.15, 0.2) is 0 Å². The van der Waals surface area contributed by atoms with Gasteiger partial charge in [0.2, 0.25) is 17.7 Å². The molecule has 0 spiro atoms. The molecule has 0 aliphatic carbocycles. The molecule has 2 aromatic heterocycles. The monoisotopic (exact) mass is 971 g/mol. The Morgan fingerprint density at radius 3 is 1.51 bits per heavy atom. The molecule has 0 saturated carbocycles. The average molecular weight is 972 g/mol. The Bertz CT molecular complexity index is 2360. The third kappa shape index (κ3) is 13.0. The largest absolute Gasteiger partial charge is 0.396 e. The van der Waals surface area contributed by atoms with Crippen LogP contribution in [0.1, 0.15) is 65.8 Å². The molecule has 5 N–H and O–H groups in total. The number of alkyl halides is 10. The zero-order chi connectivity index (χ0) is 50.6. The van der Waals surface area contributed by atoms with Gasteiger partial charge in [0, 0.05) is 56.0 Å². The summed E-state index contributed by atoms with van der Waals surface area (Å²) in [5, 5.41) is 25.3. The molecule has 4 aromatic rings. The maximum atomic E-state index is 15.8. The lowest BCUT2D eigenvalue weighted by Crippen LogP contribution is -2.63. The van der Waals surface area contributed by atoms with E-state index in [0.29, 0.717) is 55.1 Å². The minimum absolute atomic E-state index is 0.182. The van der Waals surface area contributed by atoms with Gasteiger partial charge in [0.25, 0.3) is 5.91 Å². The fourth-order valence-electron chi connectivity index (χ4n) is 6.54. The Morgan fingerprint density at radius 1 is 0.672 bits per heavy atom. The SMILES string of the molecule is CC(=O)NC(C(=O)N[C@@H](Cc1ccc(-c2cnn(C(F)F)c2)cc1)[C@@H](O)CN(Cc1c(F)cc(-c2cnn(C(F)F)c2)cc1F)NC(=O)C(NC(C)=O)C(C)(C)C(F)(F)F)C(C)(C)C(F)(F)F. The Morgan fingerprint density at radius 2 is 1.10 bits per heavy atom. The quantitative estimate of drug-likeness (QED) is 0.0517. The Labute approximate surface area is 374 Å². The second kappa shape index (κ2) is 20.8. The van der Waals surface area contributed by atoms with Crippen molar-refractivity contribution in [3.63, 3.8) is 0 Å². The topological polar surface area (TPSA) is 176 Å². The van der Waals surface area contributed by atoms with E-state index >= 15 is 8.78 Å². The fraction of sp³-hybridized carbons (Fsp3) is 0.463. The third-order valence-corrected chi connectivity index (χ3v) is 10.8. The van der Waals surface area contributed by atoms with Gasteiger partial charge in [-0.1, -0.05) is 24.3 Å². The van der Waals surface area contributed by atoms with E-state index in [1.807, 2.05) is 16.1 Å². The molecule has 2 heterocycles. The zero-order valence-corrected chi connectivity index (χ0v) is 36.2. The van der Waals surface area contributed by atoms with Gasteiger partial charge in [0.05, 0.1) is 35.4 Å². The first kappa shape index (κ1) is 53.4. The van der Waals surface area contributed by atoms with E-state index in [1.165, 1.54) is 24.3 Å². The van der Waals surface area contributed by atoms with Crippen LogP contribution < -0.4 is 21.4 Å². The lowest BCUT2D eigenvalue weighted by Gasteiger charge is -2.38. The van der Waals surface area contributed by atoms with Crippen molar-refractivity contribution in [2.75, 3.05) is 6.54 Å². The summed E-state index contributed by atoms with van der Waals surface area (Å²) < 4.78 is 171. The highest BCUT2D eigenvalue weighted by molar-refractivity contribution is 5.88. The van der Waals surface area contributed by atoms with Crippen molar-refractivity contribution in [3.05, 3.63) is 83.9 Å². The van der Waals surface area contributed by atoms with Gasteiger partial charge in [-0.2, -0.15) is 54.1 Å². The number of aliphatic hydroxyl groups is 1. The lowest BCUT2D eigenvalue weighted by molar-refractivity contribution is -0.222. The summed E-state index contributed by atoms with van der Waals surface area (Å²) in [5.41, 5.74) is -4.71. The summed E-state index contributed by atoms with van der Waals surface area (Å²) in [4.78, 5) is 51.8. The molecule has 0 fully saturated rings. The van der Waals surface area contributed by atoms with Crippen molar-refractivity contribution >= 4 is 23.6 Å². The van der Waals surface area contributed by atoms with Crippen molar-refractivity contribution < 1.29 is 77.0 Å². The maximum absolute atomic E-state index is 15.8. The van der Waals surface area contributed by atoms with Crippen LogP contribution in [0.5, 0.6) is 0 Å². The minimum atomic E-state index is -5.18. The van der Waals surface area contributed by atoms with Crippen molar-refractivity contribution in [1.29, 1.82) is 0 Å². The summed E-state index contributed by atoms with van der Waals surface area (Å²) in [5.74, 6) is -8.21. The predicted octanol–water partition coefficient (Wildman–Crippen LogP) is 6.59. The number of carbonyl (C=O) groups excluding carboxylic acids is 4. The normalized spacial score (nSPS) is 14.5. The van der Waals surface area contributed by atoms with E-state index in [0.717, 1.165) is 38.6 Å². The second-order valence-corrected chi connectivity index (χ2v) is 16.5. The van der Waals surface area contributed by atoms with Crippen LogP contribution in [0.25, 0.3) is 22.3 Å². The molecular weight excluding hydrogens is 926 g/mol. The molecule has 0 aliphatic rings. The minimum Gasteiger partial charge on any atom is -0.390 e. The zero-order valence-electron chi connectivity index (χ0n) is 36.2. The molecule has 0 bridgehead atoms. The maximum Gasteiger partial charge on any atom is 0.396 e. The smallest absolute Gasteiger partial charge is 0.390 e. The standard InChI is InChI=1S/C41H45F12N9O5/c1-20(63)56-32(38(3,4)40(48,49)50)34(66)58-30(11-22-7-9-23(10-8-22)25-14-54-61(16-25)36(44)45)31(65)19-60(59-35(67)33(57-21(2)64)39(5,6)41(51,52)53)18-27-28(42)12-24(13-29(27)43)26-15-55-62(17-26)37(46)47/h7-10,12-17,30-33,36-37,65H,11,18-19H2,1-6H3,(H,56,63)(H,57,64)(H,58,66)(H,59,67)/t30-,31-,32?,33?/m0/s1. The molecule has 4 amide bonds. The summed E-state index contributed by atoms with van der Waals surface area (Å²) in [6, 6.07) is 0.241. The predicted molar refractivity (Wildman–Crippen MR) is 213 cm³/mol. The number of nitrogens with zero attached hydrogens (tertiary/aromatic N) is 5. The summed E-state index contributed by atoms with van der Waals surface area (Å²) in [7, 11) is 0. The molecule has 4 rings (SSSR count). The summed E-state index contributed by atoms with van der Waals surface area (Å²) in [6.07, 6.45) is -9.23. The number of halogens is 12. The molecule has 2 aromatic carbocycles. The van der Waals surface area contributed by atoms with Crippen LogP contribution in [-0.4, -0.2) is 96.4 Å². The Hall–Kier alpha value is -6.18. The average Bonchev–Trinajstić information content (AvgIpc) is 3.91. The molecule has 0 saturated heterocycles. The van der Waals surface area contributed by atoms with Crippen molar-refractivity contribution in [1.82, 2.24) is 45.9 Å². The van der Waals surface area contributed by atoms with Gasteiger partial charge >= 0.3 is 25.5 Å². The molecule has 4 atom stereocenters. The van der Waals surface area contributed by atoms with Gasteiger partial charge in [-0.05, 0) is 62.9 Å². The van der Waals surface area contributed by atoms with Gasteiger partial charge < -0.3 is 21.1 Å². The van der Waals surface area contributed by atoms with Crippen LogP contribution in [0.4, 0.5) is 52.7 Å². The molecule has 0 aliphatic heterocycles. The fourth-order valence-corrected chi connectivity index (χ4v) is 6.54. The van der Waals surface area contributed by atoms with Crippen molar-refractivity contribution in [2.45, 2.75) is 104 Å². The lowest BCUT2D eigenvalue weighted by atomic mass is 9.82. The van der Waals surface area contributed by atoms with Crippen LogP contribution in [0, 0.1) is 22.5 Å². The number of nitrogens with one attached hydrogen (secondary N) is 4. The Balaban J connectivity index is 1.81. The van der Waals surface area contributed by atoms with E-state index in [-0.39, 0.29) is 26.9 Å². The van der Waals surface area contributed by atoms with E-state index in [2.05, 4.69) is 15.5 Å². The number of hydrogen-bond donors (Lipinski definition) is 5. The van der Waals surface area contributed by atoms with Crippen molar-refractivity contribution in [3.8, 4) is 22.3 Å². The molecule has 0 radical (unpaired) electrons. The van der Waals surface area contributed by atoms with E-state index in [9.17, 15) is 68.2 Å². The first-order chi connectivity index (χ1) is 30.8. The summed E-state index contributed by atoms with van der Waals surface area (Å²) in [6.45, 7) is -4.46. The second-order valence-electron chi connectivity index (χ2n) is 16.5. The number of hydrogen-bond acceptors (Lipinski definition) is 8. The number of benzene rings is 2. The third-order valence-electron chi connectivity index (χ3n) is 10.8. The molecule has 2 unspecified atom stereocenters. The van der Waals surface area contributed by atoms with E-state index in [1.54, 1.807) is 0 Å². The molecule has 26 heteroatoms. The highest BCUT2D eigenvalue weighted by atomic mass is 19.4. The van der Waals surface area contributed by atoms with Gasteiger partial charge in [-0.25, -0.2) is 23.2 Å². The highest BCUT2D eigenvalue weighted by Gasteiger charge is 2.57. The molecule has 67 heavy (non-hydrogen) atoms. The first-order valence-corrected chi connectivity index (χ1v) is 19.8. The Kier molecular flexibility index (Phi) is 16.6. The van der Waals surface area contributed by atoms with Crippen LogP contribution in [0.15, 0.2) is 61.2 Å². The number of carbonyl (C=O) groups is 4. The summed E-state index contributed by atoms with van der Waals surface area (Å²) >= 11 is 0. The van der Waals surface area contributed by atoms with E-state index in [4.69, 9.17) is 0 Å².